The molecule has 0 aliphatic heterocycles. The van der Waals surface area contributed by atoms with Crippen molar-refractivity contribution in [3.8, 4) is 0 Å². The highest BCUT2D eigenvalue weighted by molar-refractivity contribution is 5.92. The van der Waals surface area contributed by atoms with Crippen molar-refractivity contribution < 1.29 is 39.9 Å². The molecule has 0 saturated carbocycles. The summed E-state index contributed by atoms with van der Waals surface area (Å²) in [4.78, 5) is 36.8. The van der Waals surface area contributed by atoms with Gasteiger partial charge in [-0.25, -0.2) is 0 Å². The Labute approximate surface area is 171 Å². The van der Waals surface area contributed by atoms with Gasteiger partial charge in [0.15, 0.2) is 5.78 Å². The first-order valence-electron chi connectivity index (χ1n) is 9.64. The van der Waals surface area contributed by atoms with Crippen molar-refractivity contribution in [2.45, 2.75) is 84.4 Å². The minimum Gasteiger partial charge on any atom is -0.481 e. The van der Waals surface area contributed by atoms with Gasteiger partial charge < -0.3 is 36.2 Å². The predicted octanol–water partition coefficient (Wildman–Crippen LogP) is -1.36. The minimum atomic E-state index is -1.88. The summed E-state index contributed by atoms with van der Waals surface area (Å²) in [6.07, 6.45) is -5.55. The van der Waals surface area contributed by atoms with Crippen LogP contribution in [0.1, 0.15) is 48.0 Å². The number of aliphatic hydroxyl groups is 4. The van der Waals surface area contributed by atoms with Crippen molar-refractivity contribution in [1.29, 1.82) is 0 Å². The number of rotatable bonds is 13. The highest BCUT2D eigenvalue weighted by Gasteiger charge is 2.40. The molecule has 0 saturated heterocycles. The molecule has 0 aromatic rings. The Morgan fingerprint density at radius 2 is 1.48 bits per heavy atom. The highest BCUT2D eigenvalue weighted by Crippen LogP contribution is 2.23. The fourth-order valence-electron chi connectivity index (χ4n) is 2.70. The number of carbonyl (C=O) groups excluding carboxylic acids is 2. The smallest absolute Gasteiger partial charge is 0.309 e. The number of Topliss-reactive ketones (excluding diaryl/α,β-unsaturated/α-hetero) is 1. The first-order chi connectivity index (χ1) is 13.1. The van der Waals surface area contributed by atoms with E-state index in [1.165, 1.54) is 13.8 Å². The van der Waals surface area contributed by atoms with Crippen LogP contribution < -0.4 is 10.6 Å². The molecule has 0 bridgehead atoms. The molecule has 0 heterocycles. The fraction of sp³-hybridized carbons (Fsp3) is 0.842. The van der Waals surface area contributed by atoms with Gasteiger partial charge in [0.05, 0.1) is 18.1 Å². The van der Waals surface area contributed by atoms with Gasteiger partial charge in [-0.3, -0.25) is 14.4 Å². The zero-order valence-electron chi connectivity index (χ0n) is 17.9. The predicted molar refractivity (Wildman–Crippen MR) is 105 cm³/mol. The maximum absolute atomic E-state index is 12.9. The van der Waals surface area contributed by atoms with Crippen LogP contribution in [0.3, 0.4) is 0 Å². The second kappa shape index (κ2) is 11.6. The number of aliphatic hydroxyl groups excluding tert-OH is 4. The van der Waals surface area contributed by atoms with Crippen LogP contribution in [0.2, 0.25) is 0 Å². The van der Waals surface area contributed by atoms with E-state index in [0.717, 1.165) is 0 Å². The molecule has 0 rings (SSSR count). The number of amides is 1. The largest absolute Gasteiger partial charge is 0.481 e. The molecule has 29 heavy (non-hydrogen) atoms. The molecule has 0 aromatic carbocycles. The summed E-state index contributed by atoms with van der Waals surface area (Å²) < 4.78 is 0. The number of carboxylic acid groups (broad SMARTS) is 1. The van der Waals surface area contributed by atoms with Crippen LogP contribution in [-0.2, 0) is 14.4 Å². The number of carboxylic acids is 1. The van der Waals surface area contributed by atoms with E-state index < -0.39 is 66.0 Å². The molecule has 0 aliphatic carbocycles. The number of ketones is 1. The second-order valence-corrected chi connectivity index (χ2v) is 8.54. The maximum atomic E-state index is 12.9. The molecular weight excluding hydrogens is 384 g/mol. The van der Waals surface area contributed by atoms with Gasteiger partial charge in [0, 0.05) is 12.0 Å². The van der Waals surface area contributed by atoms with E-state index in [2.05, 4.69) is 10.6 Å². The van der Waals surface area contributed by atoms with E-state index in [1.807, 2.05) is 0 Å². The highest BCUT2D eigenvalue weighted by atomic mass is 16.4. The molecule has 1 amide bonds. The van der Waals surface area contributed by atoms with Crippen molar-refractivity contribution >= 4 is 17.7 Å². The Kier molecular flexibility index (Phi) is 10.9. The van der Waals surface area contributed by atoms with Gasteiger partial charge in [0.2, 0.25) is 5.91 Å². The SMILES string of the molecule is CC(C)N[C@@H](CC(C)(C)C(=O)O)C(=O)N[C@H](C(=O)C(C)C)[C@@H](O)[C@H](O)[C@H](O)CO. The zero-order chi connectivity index (χ0) is 23.1. The van der Waals surface area contributed by atoms with Crippen molar-refractivity contribution in [3.05, 3.63) is 0 Å². The molecular formula is C19H36N2O8. The normalized spacial score (nSPS) is 17.5. The third-order valence-corrected chi connectivity index (χ3v) is 4.59. The summed E-state index contributed by atoms with van der Waals surface area (Å²) in [5, 5.41) is 53.6. The first kappa shape index (κ1) is 27.4. The first-order valence-corrected chi connectivity index (χ1v) is 9.64. The molecule has 0 aliphatic rings. The lowest BCUT2D eigenvalue weighted by molar-refractivity contribution is -0.148. The van der Waals surface area contributed by atoms with Crippen LogP contribution in [0.15, 0.2) is 0 Å². The van der Waals surface area contributed by atoms with Crippen LogP contribution in [0.25, 0.3) is 0 Å². The number of hydrogen-bond donors (Lipinski definition) is 7. The van der Waals surface area contributed by atoms with Gasteiger partial charge in [0.1, 0.15) is 24.4 Å². The molecule has 0 spiro atoms. The number of hydrogen-bond acceptors (Lipinski definition) is 8. The Bertz CT molecular complexity index is 564. The van der Waals surface area contributed by atoms with E-state index in [9.17, 15) is 34.8 Å². The van der Waals surface area contributed by atoms with Crippen molar-refractivity contribution in [2.24, 2.45) is 11.3 Å². The van der Waals surface area contributed by atoms with Crippen LogP contribution in [-0.4, -0.2) is 86.2 Å². The number of nitrogens with one attached hydrogen (secondary N) is 2. The van der Waals surface area contributed by atoms with Gasteiger partial charge in [-0.15, -0.1) is 0 Å². The second-order valence-electron chi connectivity index (χ2n) is 8.54. The van der Waals surface area contributed by atoms with Gasteiger partial charge >= 0.3 is 5.97 Å². The Hall–Kier alpha value is -1.59. The van der Waals surface area contributed by atoms with E-state index in [0.29, 0.717) is 0 Å². The molecule has 10 nitrogen and oxygen atoms in total. The molecule has 0 fully saturated rings. The lowest BCUT2D eigenvalue weighted by Crippen LogP contribution is -2.60. The van der Waals surface area contributed by atoms with Crippen LogP contribution in [0, 0.1) is 11.3 Å². The van der Waals surface area contributed by atoms with Gasteiger partial charge in [0.25, 0.3) is 0 Å². The maximum Gasteiger partial charge on any atom is 0.309 e. The van der Waals surface area contributed by atoms with Crippen molar-refractivity contribution in [2.75, 3.05) is 6.61 Å². The summed E-state index contributed by atoms with van der Waals surface area (Å²) in [5.41, 5.74) is -1.24. The summed E-state index contributed by atoms with van der Waals surface area (Å²) in [7, 11) is 0. The fourth-order valence-corrected chi connectivity index (χ4v) is 2.70. The van der Waals surface area contributed by atoms with E-state index >= 15 is 0 Å². The molecule has 10 heteroatoms. The minimum absolute atomic E-state index is 0.0904. The molecule has 5 atom stereocenters. The van der Waals surface area contributed by atoms with Crippen LogP contribution in [0.4, 0.5) is 0 Å². The summed E-state index contributed by atoms with van der Waals surface area (Å²) in [6.45, 7) is 8.69. The van der Waals surface area contributed by atoms with Crippen molar-refractivity contribution in [3.63, 3.8) is 0 Å². The lowest BCUT2D eigenvalue weighted by atomic mass is 9.85. The molecule has 170 valence electrons. The number of aliphatic carboxylic acids is 1. The average Bonchev–Trinajstić information content (AvgIpc) is 2.61. The summed E-state index contributed by atoms with van der Waals surface area (Å²) >= 11 is 0. The topological polar surface area (TPSA) is 176 Å². The average molecular weight is 421 g/mol. The van der Waals surface area contributed by atoms with Crippen molar-refractivity contribution in [1.82, 2.24) is 10.6 Å². The third kappa shape index (κ3) is 8.35. The monoisotopic (exact) mass is 420 g/mol. The Morgan fingerprint density at radius 3 is 1.86 bits per heavy atom. The molecule has 7 N–H and O–H groups in total. The molecule has 0 aromatic heterocycles. The Morgan fingerprint density at radius 1 is 0.966 bits per heavy atom. The van der Waals surface area contributed by atoms with E-state index in [4.69, 9.17) is 5.11 Å². The van der Waals surface area contributed by atoms with Gasteiger partial charge in [-0.2, -0.15) is 0 Å². The Balaban J connectivity index is 5.71. The summed E-state index contributed by atoms with van der Waals surface area (Å²) in [5.74, 6) is -3.02. The van der Waals surface area contributed by atoms with Gasteiger partial charge in [-0.1, -0.05) is 27.7 Å². The third-order valence-electron chi connectivity index (χ3n) is 4.59. The van der Waals surface area contributed by atoms with Crippen LogP contribution >= 0.6 is 0 Å². The van der Waals surface area contributed by atoms with Gasteiger partial charge in [-0.05, 0) is 20.3 Å². The standard InChI is InChI=1S/C19H36N2O8/c1-9(2)14(24)13(16(26)15(25)12(23)8-22)21-17(27)11(20-10(3)4)7-19(5,6)18(28)29/h9-13,15-16,20,22-23,25-26H,7-8H2,1-6H3,(H,21,27)(H,28,29)/t11-,12+,13+,15+,16+/m0/s1. The zero-order valence-corrected chi connectivity index (χ0v) is 17.9. The van der Waals surface area contributed by atoms with E-state index in [1.54, 1.807) is 27.7 Å². The lowest BCUT2D eigenvalue weighted by Gasteiger charge is -2.32. The molecule has 0 unspecified atom stereocenters. The van der Waals surface area contributed by atoms with E-state index in [-0.39, 0.29) is 12.5 Å². The summed E-state index contributed by atoms with van der Waals surface area (Å²) in [6, 6.07) is -2.72. The quantitative estimate of drug-likeness (QED) is 0.190. The number of carbonyl (C=O) groups is 3. The van der Waals surface area contributed by atoms with Crippen LogP contribution in [0.5, 0.6) is 0 Å². The molecule has 0 radical (unpaired) electrons.